The summed E-state index contributed by atoms with van der Waals surface area (Å²) in [5.41, 5.74) is 10.6. The van der Waals surface area contributed by atoms with Crippen molar-refractivity contribution in [2.45, 2.75) is 0 Å². The van der Waals surface area contributed by atoms with Gasteiger partial charge in [-0.05, 0) is 84.9 Å². The molecule has 0 N–H and O–H groups in total. The number of rotatable bonds is 2. The van der Waals surface area contributed by atoms with E-state index in [0.717, 1.165) is 77.8 Å². The lowest BCUT2D eigenvalue weighted by Gasteiger charge is -2.09. The van der Waals surface area contributed by atoms with E-state index in [4.69, 9.17) is 9.97 Å². The summed E-state index contributed by atoms with van der Waals surface area (Å²) in [6.07, 6.45) is 0. The first kappa shape index (κ1) is 24.8. The van der Waals surface area contributed by atoms with Gasteiger partial charge in [-0.15, -0.1) is 0 Å². The number of hydrogen-bond donors (Lipinski definition) is 0. The monoisotopic (exact) mass is 589 g/mol. The second kappa shape index (κ2) is 9.18. The molecule has 7 nitrogen and oxygen atoms in total. The Morgan fingerprint density at radius 3 is 1.57 bits per heavy atom. The summed E-state index contributed by atoms with van der Waals surface area (Å²) in [6, 6.07) is 50.1. The largest absolute Gasteiger partial charge is 0.309 e. The van der Waals surface area contributed by atoms with Gasteiger partial charge in [0.1, 0.15) is 0 Å². The van der Waals surface area contributed by atoms with E-state index in [1.807, 2.05) is 36.4 Å². The lowest BCUT2D eigenvalue weighted by Crippen LogP contribution is -2.02. The van der Waals surface area contributed by atoms with Gasteiger partial charge < -0.3 is 4.57 Å². The normalized spacial score (nSPS) is 11.9. The maximum atomic E-state index is 9.84. The van der Waals surface area contributed by atoms with Crippen molar-refractivity contribution in [1.29, 1.82) is 5.26 Å². The molecule has 0 aliphatic rings. The van der Waals surface area contributed by atoms with Crippen LogP contribution in [0.25, 0.3) is 77.8 Å². The molecule has 0 saturated heterocycles. The molecule has 10 rings (SSSR count). The first-order valence-electron chi connectivity index (χ1n) is 15.2. The zero-order chi connectivity index (χ0) is 30.4. The molecule has 0 spiro atoms. The van der Waals surface area contributed by atoms with Crippen LogP contribution < -0.4 is 0 Å². The lowest BCUT2D eigenvalue weighted by molar-refractivity contribution is 1.03. The smallest absolute Gasteiger partial charge is 0.223 e. The van der Waals surface area contributed by atoms with Gasteiger partial charge in [-0.25, -0.2) is 14.5 Å². The van der Waals surface area contributed by atoms with Gasteiger partial charge in [-0.1, -0.05) is 54.6 Å². The standard InChI is InChI=1S/C39H23N7/c40-24-25-18-20-32-28(22-25)29-23-27(19-21-33(29)43(32)26-10-2-1-3-11-26)44-38-41-30-12-4-6-14-34(30)45(38)36-16-8-9-17-37(36)46-35-15-7-5-13-31(35)42-39(44)46/h1-23H. The van der Waals surface area contributed by atoms with E-state index in [9.17, 15) is 5.26 Å². The van der Waals surface area contributed by atoms with E-state index in [-0.39, 0.29) is 0 Å². The number of nitriles is 1. The first-order valence-corrected chi connectivity index (χ1v) is 15.2. The van der Waals surface area contributed by atoms with Crippen molar-refractivity contribution in [3.63, 3.8) is 0 Å². The second-order valence-electron chi connectivity index (χ2n) is 11.5. The lowest BCUT2D eigenvalue weighted by atomic mass is 10.1. The highest BCUT2D eigenvalue weighted by molar-refractivity contribution is 6.10. The maximum Gasteiger partial charge on any atom is 0.223 e. The third kappa shape index (κ3) is 3.30. The van der Waals surface area contributed by atoms with Gasteiger partial charge >= 0.3 is 0 Å². The van der Waals surface area contributed by atoms with Crippen molar-refractivity contribution in [2.24, 2.45) is 0 Å². The van der Waals surface area contributed by atoms with Crippen LogP contribution in [0.3, 0.4) is 0 Å². The molecule has 0 aliphatic heterocycles. The molecule has 0 bridgehead atoms. The van der Waals surface area contributed by atoms with Gasteiger partial charge in [0.15, 0.2) is 0 Å². The van der Waals surface area contributed by atoms with Gasteiger partial charge in [-0.3, -0.25) is 8.80 Å². The molecular formula is C39H23N7. The minimum absolute atomic E-state index is 0.624. The van der Waals surface area contributed by atoms with Gasteiger partial charge in [0.25, 0.3) is 0 Å². The van der Waals surface area contributed by atoms with Crippen LogP contribution in [0.1, 0.15) is 5.56 Å². The van der Waals surface area contributed by atoms with Gasteiger partial charge in [0, 0.05) is 16.5 Å². The molecule has 6 aromatic carbocycles. The highest BCUT2D eigenvalue weighted by Gasteiger charge is 2.20. The Kier molecular flexibility index (Phi) is 4.94. The molecule has 0 radical (unpaired) electrons. The first-order chi connectivity index (χ1) is 22.8. The minimum atomic E-state index is 0.624. The Balaban J connectivity index is 1.43. The average Bonchev–Trinajstić information content (AvgIpc) is 3.76. The van der Waals surface area contributed by atoms with Crippen LogP contribution in [-0.2, 0) is 0 Å². The van der Waals surface area contributed by atoms with Crippen LogP contribution in [0.2, 0.25) is 0 Å². The number of para-hydroxylation sites is 7. The molecule has 46 heavy (non-hydrogen) atoms. The molecule has 0 atom stereocenters. The Labute approximate surface area is 261 Å². The minimum Gasteiger partial charge on any atom is -0.309 e. The molecule has 0 saturated carbocycles. The van der Waals surface area contributed by atoms with Crippen LogP contribution in [0.15, 0.2) is 140 Å². The van der Waals surface area contributed by atoms with Crippen molar-refractivity contribution in [1.82, 2.24) is 27.9 Å². The summed E-state index contributed by atoms with van der Waals surface area (Å²) in [4.78, 5) is 10.5. The number of aromatic nitrogens is 6. The molecule has 4 heterocycles. The van der Waals surface area contributed by atoms with Crippen molar-refractivity contribution >= 4 is 66.5 Å². The molecule has 0 aliphatic carbocycles. The predicted octanol–water partition coefficient (Wildman–Crippen LogP) is 8.76. The van der Waals surface area contributed by atoms with E-state index < -0.39 is 0 Å². The fraction of sp³-hybridized carbons (Fsp3) is 0. The molecule has 0 fully saturated rings. The number of hydrogen-bond acceptors (Lipinski definition) is 3. The summed E-state index contributed by atoms with van der Waals surface area (Å²) in [5, 5.41) is 11.9. The second-order valence-corrected chi connectivity index (χ2v) is 11.5. The van der Waals surface area contributed by atoms with Crippen molar-refractivity contribution in [2.75, 3.05) is 0 Å². The molecule has 7 heteroatoms. The zero-order valence-electron chi connectivity index (χ0n) is 24.4. The summed E-state index contributed by atoms with van der Waals surface area (Å²) >= 11 is 0. The zero-order valence-corrected chi connectivity index (χ0v) is 24.4. The third-order valence-electron chi connectivity index (χ3n) is 9.00. The summed E-state index contributed by atoms with van der Waals surface area (Å²) in [6.45, 7) is 0. The molecule has 0 unspecified atom stereocenters. The summed E-state index contributed by atoms with van der Waals surface area (Å²) < 4.78 is 8.90. The van der Waals surface area contributed by atoms with E-state index in [0.29, 0.717) is 5.56 Å². The number of imidazole rings is 2. The molecule has 0 amide bonds. The number of fused-ring (bicyclic) bond motifs is 12. The van der Waals surface area contributed by atoms with Crippen LogP contribution in [-0.4, -0.2) is 27.9 Å². The van der Waals surface area contributed by atoms with Gasteiger partial charge in [-0.2, -0.15) is 5.26 Å². The van der Waals surface area contributed by atoms with Crippen LogP contribution in [0.4, 0.5) is 0 Å². The fourth-order valence-electron chi connectivity index (χ4n) is 7.04. The van der Waals surface area contributed by atoms with Crippen molar-refractivity contribution in [3.05, 3.63) is 145 Å². The molecule has 10 aromatic rings. The number of benzene rings is 6. The summed E-state index contributed by atoms with van der Waals surface area (Å²) in [5.74, 6) is 1.51. The van der Waals surface area contributed by atoms with Crippen LogP contribution in [0, 0.1) is 11.3 Å². The number of nitrogens with zero attached hydrogens (tertiary/aromatic N) is 7. The SMILES string of the molecule is N#Cc1ccc2c(c1)c1cc(-n3c4nc5ccccc5n4c4ccccc4n4c5ccccc5nc34)ccc1n2-c1ccccc1. The van der Waals surface area contributed by atoms with Crippen molar-refractivity contribution in [3.8, 4) is 17.4 Å². The maximum absolute atomic E-state index is 9.84. The van der Waals surface area contributed by atoms with Gasteiger partial charge in [0.05, 0.1) is 61.5 Å². The Bertz CT molecular complexity index is 2820. The quantitative estimate of drug-likeness (QED) is 0.202. The summed E-state index contributed by atoms with van der Waals surface area (Å²) in [7, 11) is 0. The average molecular weight is 590 g/mol. The molecule has 4 aromatic heterocycles. The van der Waals surface area contributed by atoms with Crippen LogP contribution >= 0.6 is 0 Å². The Hall–Kier alpha value is -6.65. The van der Waals surface area contributed by atoms with Gasteiger partial charge in [0.2, 0.25) is 11.6 Å². The van der Waals surface area contributed by atoms with Crippen LogP contribution in [0.5, 0.6) is 0 Å². The topological polar surface area (TPSA) is 68.2 Å². The Morgan fingerprint density at radius 1 is 0.435 bits per heavy atom. The fourth-order valence-corrected chi connectivity index (χ4v) is 7.04. The highest BCUT2D eigenvalue weighted by atomic mass is 15.3. The molecular weight excluding hydrogens is 566 g/mol. The van der Waals surface area contributed by atoms with E-state index >= 15 is 0 Å². The molecule has 214 valence electrons. The van der Waals surface area contributed by atoms with E-state index in [2.05, 4.69) is 127 Å². The van der Waals surface area contributed by atoms with E-state index in [1.54, 1.807) is 0 Å². The predicted molar refractivity (Wildman–Crippen MR) is 184 cm³/mol. The third-order valence-corrected chi connectivity index (χ3v) is 9.00. The highest BCUT2D eigenvalue weighted by Crippen LogP contribution is 2.36. The van der Waals surface area contributed by atoms with Crippen molar-refractivity contribution < 1.29 is 0 Å². The Morgan fingerprint density at radius 2 is 0.957 bits per heavy atom. The van der Waals surface area contributed by atoms with E-state index in [1.165, 1.54) is 0 Å².